The quantitative estimate of drug-likeness (QED) is 0.638. The average Bonchev–Trinajstić information content (AvgIpc) is 3.05. The molecule has 2 aliphatic heterocycles. The van der Waals surface area contributed by atoms with E-state index in [1.807, 2.05) is 36.2 Å². The minimum Gasteiger partial charge on any atom is -0.378 e. The van der Waals surface area contributed by atoms with Crippen LogP contribution in [-0.2, 0) is 9.53 Å². The molecule has 0 spiro atoms. The van der Waals surface area contributed by atoms with Crippen molar-refractivity contribution in [2.45, 2.75) is 6.42 Å². The first-order chi connectivity index (χ1) is 15.5. The lowest BCUT2D eigenvalue weighted by molar-refractivity contribution is -0.117. The van der Waals surface area contributed by atoms with E-state index in [0.717, 1.165) is 37.7 Å². The molecule has 1 saturated heterocycles. The number of ether oxygens (including phenoxy) is 1. The predicted octanol–water partition coefficient (Wildman–Crippen LogP) is 2.08. The Morgan fingerprint density at radius 2 is 1.62 bits per heavy atom. The third-order valence-corrected chi connectivity index (χ3v) is 5.74. The summed E-state index contributed by atoms with van der Waals surface area (Å²) in [5.41, 5.74) is 2.80. The summed E-state index contributed by atoms with van der Waals surface area (Å²) < 4.78 is 5.38. The lowest BCUT2D eigenvalue weighted by atomic mass is 10.1. The molecule has 0 aliphatic carbocycles. The molecule has 1 fully saturated rings. The van der Waals surface area contributed by atoms with Gasteiger partial charge in [0.05, 0.1) is 30.9 Å². The van der Waals surface area contributed by atoms with Gasteiger partial charge in [-0.25, -0.2) is 0 Å². The lowest BCUT2D eigenvalue weighted by Crippen LogP contribution is -2.36. The minimum atomic E-state index is -0.244. The zero-order chi connectivity index (χ0) is 22.5. The molecule has 8 heteroatoms. The number of imide groups is 1. The highest BCUT2D eigenvalue weighted by Gasteiger charge is 2.34. The molecule has 2 aliphatic rings. The van der Waals surface area contributed by atoms with Gasteiger partial charge in [-0.1, -0.05) is 12.1 Å². The number of anilines is 2. The van der Waals surface area contributed by atoms with E-state index < -0.39 is 0 Å². The third-order valence-electron chi connectivity index (χ3n) is 5.74. The van der Waals surface area contributed by atoms with Crippen LogP contribution in [-0.4, -0.2) is 80.5 Å². The second-order valence-electron chi connectivity index (χ2n) is 8.09. The van der Waals surface area contributed by atoms with Crippen molar-refractivity contribution in [3.8, 4) is 0 Å². The Bertz CT molecular complexity index is 951. The molecular weight excluding hydrogens is 408 g/mol. The topological polar surface area (TPSA) is 82.2 Å². The van der Waals surface area contributed by atoms with Gasteiger partial charge in [0.15, 0.2) is 0 Å². The first-order valence-electron chi connectivity index (χ1n) is 10.9. The van der Waals surface area contributed by atoms with Crippen molar-refractivity contribution >= 4 is 29.1 Å². The summed E-state index contributed by atoms with van der Waals surface area (Å²) in [4.78, 5) is 42.6. The molecule has 2 aromatic rings. The number of rotatable bonds is 8. The van der Waals surface area contributed by atoms with Crippen LogP contribution in [0.1, 0.15) is 27.1 Å². The maximum atomic E-state index is 12.4. The fourth-order valence-electron chi connectivity index (χ4n) is 4.04. The molecule has 4 rings (SSSR count). The molecule has 0 saturated carbocycles. The van der Waals surface area contributed by atoms with Crippen molar-refractivity contribution in [1.29, 1.82) is 0 Å². The standard InChI is InChI=1S/C24H28N4O4/c1-26(11-4-12-28-23(30)20-5-2-3-6-21(20)24(28)31)17-22(29)25-18-7-9-19(10-8-18)27-13-15-32-16-14-27/h2-3,5-10H,4,11-17H2,1H3,(H,25,29). The van der Waals surface area contributed by atoms with E-state index in [0.29, 0.717) is 30.6 Å². The van der Waals surface area contributed by atoms with Gasteiger partial charge in [0.1, 0.15) is 0 Å². The zero-order valence-corrected chi connectivity index (χ0v) is 18.3. The maximum Gasteiger partial charge on any atom is 0.261 e. The van der Waals surface area contributed by atoms with Crippen LogP contribution in [0.5, 0.6) is 0 Å². The van der Waals surface area contributed by atoms with Crippen molar-refractivity contribution in [2.24, 2.45) is 0 Å². The average molecular weight is 437 g/mol. The van der Waals surface area contributed by atoms with E-state index >= 15 is 0 Å². The molecular formula is C24H28N4O4. The van der Waals surface area contributed by atoms with Crippen LogP contribution in [0, 0.1) is 0 Å². The Labute approximate surface area is 187 Å². The fraction of sp³-hybridized carbons (Fsp3) is 0.375. The van der Waals surface area contributed by atoms with Crippen LogP contribution in [0.3, 0.4) is 0 Å². The predicted molar refractivity (Wildman–Crippen MR) is 122 cm³/mol. The van der Waals surface area contributed by atoms with E-state index in [9.17, 15) is 14.4 Å². The summed E-state index contributed by atoms with van der Waals surface area (Å²) in [6.07, 6.45) is 0.601. The molecule has 8 nitrogen and oxygen atoms in total. The zero-order valence-electron chi connectivity index (χ0n) is 18.3. The van der Waals surface area contributed by atoms with Crippen LogP contribution >= 0.6 is 0 Å². The molecule has 0 bridgehead atoms. The number of morpholine rings is 1. The van der Waals surface area contributed by atoms with E-state index in [2.05, 4.69) is 10.2 Å². The van der Waals surface area contributed by atoms with Crippen molar-refractivity contribution in [1.82, 2.24) is 9.80 Å². The normalized spacial score (nSPS) is 15.9. The van der Waals surface area contributed by atoms with Gasteiger partial charge in [0.2, 0.25) is 5.91 Å². The van der Waals surface area contributed by atoms with Crippen molar-refractivity contribution < 1.29 is 19.1 Å². The summed E-state index contributed by atoms with van der Waals surface area (Å²) in [6.45, 7) is 4.37. The van der Waals surface area contributed by atoms with Crippen LogP contribution in [0.4, 0.5) is 11.4 Å². The highest BCUT2D eigenvalue weighted by molar-refractivity contribution is 6.21. The van der Waals surface area contributed by atoms with Crippen LogP contribution in [0.2, 0.25) is 0 Å². The molecule has 0 atom stereocenters. The van der Waals surface area contributed by atoms with Gasteiger partial charge < -0.3 is 15.0 Å². The number of benzene rings is 2. The van der Waals surface area contributed by atoms with Crippen molar-refractivity contribution in [2.75, 3.05) is 63.2 Å². The second-order valence-corrected chi connectivity index (χ2v) is 8.09. The number of hydrogen-bond donors (Lipinski definition) is 1. The summed E-state index contributed by atoms with van der Waals surface area (Å²) in [5, 5.41) is 2.92. The van der Waals surface area contributed by atoms with Gasteiger partial charge in [0.25, 0.3) is 11.8 Å². The number of carbonyl (C=O) groups excluding carboxylic acids is 3. The van der Waals surface area contributed by atoms with E-state index in [-0.39, 0.29) is 24.3 Å². The van der Waals surface area contributed by atoms with Crippen LogP contribution in [0.25, 0.3) is 0 Å². The second kappa shape index (κ2) is 9.93. The highest BCUT2D eigenvalue weighted by atomic mass is 16.5. The van der Waals surface area contributed by atoms with Crippen LogP contribution in [0.15, 0.2) is 48.5 Å². The third kappa shape index (κ3) is 4.98. The van der Waals surface area contributed by atoms with E-state index in [1.54, 1.807) is 24.3 Å². The molecule has 0 radical (unpaired) electrons. The number of amides is 3. The number of fused-ring (bicyclic) bond motifs is 1. The molecule has 32 heavy (non-hydrogen) atoms. The van der Waals surface area contributed by atoms with Gasteiger partial charge in [-0.05, 0) is 49.9 Å². The first-order valence-corrected chi connectivity index (χ1v) is 10.9. The Morgan fingerprint density at radius 3 is 2.25 bits per heavy atom. The monoisotopic (exact) mass is 436 g/mol. The van der Waals surface area contributed by atoms with Crippen molar-refractivity contribution in [3.05, 3.63) is 59.7 Å². The fourth-order valence-corrected chi connectivity index (χ4v) is 4.04. The number of hydrogen-bond acceptors (Lipinski definition) is 6. The van der Waals surface area contributed by atoms with E-state index in [4.69, 9.17) is 4.74 Å². The Kier molecular flexibility index (Phi) is 6.82. The molecule has 2 heterocycles. The van der Waals surface area contributed by atoms with Gasteiger partial charge in [0, 0.05) is 37.6 Å². The molecule has 168 valence electrons. The van der Waals surface area contributed by atoms with Gasteiger partial charge >= 0.3 is 0 Å². The Balaban J connectivity index is 1.20. The molecule has 2 aromatic carbocycles. The lowest BCUT2D eigenvalue weighted by Gasteiger charge is -2.28. The largest absolute Gasteiger partial charge is 0.378 e. The summed E-state index contributed by atoms with van der Waals surface area (Å²) in [5.74, 6) is -0.592. The number of nitrogens with zero attached hydrogens (tertiary/aromatic N) is 3. The SMILES string of the molecule is CN(CCCN1C(=O)c2ccccc2C1=O)CC(=O)Nc1ccc(N2CCOCC2)cc1. The van der Waals surface area contributed by atoms with E-state index in [1.165, 1.54) is 4.90 Å². The highest BCUT2D eigenvalue weighted by Crippen LogP contribution is 2.22. The Morgan fingerprint density at radius 1 is 1.00 bits per heavy atom. The van der Waals surface area contributed by atoms with Gasteiger partial charge in [-0.2, -0.15) is 0 Å². The smallest absolute Gasteiger partial charge is 0.261 e. The molecule has 0 aromatic heterocycles. The summed E-state index contributed by atoms with van der Waals surface area (Å²) >= 11 is 0. The van der Waals surface area contributed by atoms with Gasteiger partial charge in [-0.15, -0.1) is 0 Å². The maximum absolute atomic E-state index is 12.4. The Hall–Kier alpha value is -3.23. The minimum absolute atomic E-state index is 0.104. The van der Waals surface area contributed by atoms with Crippen LogP contribution < -0.4 is 10.2 Å². The van der Waals surface area contributed by atoms with Gasteiger partial charge in [-0.3, -0.25) is 24.2 Å². The summed E-state index contributed by atoms with van der Waals surface area (Å²) in [7, 11) is 1.85. The summed E-state index contributed by atoms with van der Waals surface area (Å²) in [6, 6.07) is 14.7. The molecule has 3 amide bonds. The number of carbonyl (C=O) groups is 3. The van der Waals surface area contributed by atoms with Crippen molar-refractivity contribution in [3.63, 3.8) is 0 Å². The number of nitrogens with one attached hydrogen (secondary N) is 1. The first kappa shape index (κ1) is 22.0. The molecule has 0 unspecified atom stereocenters. The molecule has 1 N–H and O–H groups in total. The number of likely N-dealkylation sites (N-methyl/N-ethyl adjacent to an activating group) is 1.